The van der Waals surface area contributed by atoms with Crippen LogP contribution in [0.5, 0.6) is 0 Å². The summed E-state index contributed by atoms with van der Waals surface area (Å²) in [6, 6.07) is 9.95. The fourth-order valence-electron chi connectivity index (χ4n) is 3.68. The van der Waals surface area contributed by atoms with Crippen molar-refractivity contribution in [1.82, 2.24) is 14.9 Å². The predicted molar refractivity (Wildman–Crippen MR) is 102 cm³/mol. The van der Waals surface area contributed by atoms with Crippen LogP contribution in [0.2, 0.25) is 0 Å². The van der Waals surface area contributed by atoms with Gasteiger partial charge in [-0.1, -0.05) is 18.2 Å². The second kappa shape index (κ2) is 7.92. The van der Waals surface area contributed by atoms with Crippen LogP contribution in [0.15, 0.2) is 53.2 Å². The largest absolute Gasteiger partial charge is 0.443 e. The molecular weight excluding hydrogens is 357 g/mol. The van der Waals surface area contributed by atoms with Crippen molar-refractivity contribution in [2.24, 2.45) is 0 Å². The first-order valence-electron chi connectivity index (χ1n) is 9.53. The highest BCUT2D eigenvalue weighted by Crippen LogP contribution is 2.32. The lowest BCUT2D eigenvalue weighted by Crippen LogP contribution is -2.39. The number of amides is 1. The fraction of sp³-hybridized carbons (Fsp3) is 0.318. The number of halogens is 1. The van der Waals surface area contributed by atoms with Gasteiger partial charge in [0.05, 0.1) is 6.20 Å². The smallest absolute Gasteiger partial charge is 0.273 e. The lowest BCUT2D eigenvalue weighted by molar-refractivity contribution is 0.0563. The summed E-state index contributed by atoms with van der Waals surface area (Å²) in [4.78, 5) is 23.6. The van der Waals surface area contributed by atoms with Crippen molar-refractivity contribution in [2.45, 2.75) is 38.6 Å². The molecule has 1 aliphatic heterocycles. The van der Waals surface area contributed by atoms with E-state index >= 15 is 0 Å². The van der Waals surface area contributed by atoms with Crippen LogP contribution in [0.4, 0.5) is 4.39 Å². The number of carbonyl (C=O) groups excluding carboxylic acids is 1. The third-order valence-corrected chi connectivity index (χ3v) is 5.10. The summed E-state index contributed by atoms with van der Waals surface area (Å²) in [5, 5.41) is 0. The zero-order valence-corrected chi connectivity index (χ0v) is 15.8. The number of benzene rings is 1. The number of pyridine rings is 1. The Labute approximate surface area is 163 Å². The lowest BCUT2D eigenvalue weighted by atomic mass is 10.0. The standard InChI is InChI=1S/C22H22FN3O2/c1-15-6-5-10-24-20(15)22(27)26-11-3-2-9-19(26)21-25-14-18(28-21)13-16-7-4-8-17(23)12-16/h4-8,10,12,14,19H,2-3,9,11,13H2,1H3/t19-/m0/s1. The van der Waals surface area contributed by atoms with E-state index in [1.165, 1.54) is 12.1 Å². The molecule has 1 fully saturated rings. The Kier molecular flexibility index (Phi) is 5.19. The third kappa shape index (κ3) is 3.81. The number of hydrogen-bond donors (Lipinski definition) is 0. The second-order valence-electron chi connectivity index (χ2n) is 7.15. The maximum absolute atomic E-state index is 13.4. The van der Waals surface area contributed by atoms with Crippen LogP contribution in [0.1, 0.15) is 58.6 Å². The molecule has 0 saturated carbocycles. The molecule has 4 rings (SSSR count). The minimum absolute atomic E-state index is 0.0901. The first-order valence-corrected chi connectivity index (χ1v) is 9.53. The zero-order chi connectivity index (χ0) is 19.5. The van der Waals surface area contributed by atoms with Gasteiger partial charge in [0.15, 0.2) is 0 Å². The SMILES string of the molecule is Cc1cccnc1C(=O)N1CCCC[C@H]1c1ncc(Cc2cccc(F)c2)o1. The lowest BCUT2D eigenvalue weighted by Gasteiger charge is -2.33. The van der Waals surface area contributed by atoms with Gasteiger partial charge in [0.25, 0.3) is 5.91 Å². The minimum atomic E-state index is -0.271. The van der Waals surface area contributed by atoms with Crippen LogP contribution in [0.3, 0.4) is 0 Å². The van der Waals surface area contributed by atoms with Gasteiger partial charge < -0.3 is 9.32 Å². The highest BCUT2D eigenvalue weighted by molar-refractivity contribution is 5.93. The van der Waals surface area contributed by atoms with Crippen LogP contribution in [0, 0.1) is 12.7 Å². The van der Waals surface area contributed by atoms with E-state index in [0.717, 1.165) is 30.4 Å². The molecule has 3 heterocycles. The second-order valence-corrected chi connectivity index (χ2v) is 7.15. The van der Waals surface area contributed by atoms with E-state index in [9.17, 15) is 9.18 Å². The van der Waals surface area contributed by atoms with Crippen molar-refractivity contribution in [3.63, 3.8) is 0 Å². The molecule has 3 aromatic rings. The van der Waals surface area contributed by atoms with Crippen LogP contribution in [-0.4, -0.2) is 27.3 Å². The number of likely N-dealkylation sites (tertiary alicyclic amines) is 1. The summed E-state index contributed by atoms with van der Waals surface area (Å²) in [7, 11) is 0. The Bertz CT molecular complexity index is 985. The summed E-state index contributed by atoms with van der Waals surface area (Å²) in [6.45, 7) is 2.54. The van der Waals surface area contributed by atoms with Gasteiger partial charge >= 0.3 is 0 Å². The molecular formula is C22H22FN3O2. The summed E-state index contributed by atoms with van der Waals surface area (Å²) < 4.78 is 19.4. The summed E-state index contributed by atoms with van der Waals surface area (Å²) in [6.07, 6.45) is 6.54. The number of aromatic nitrogens is 2. The quantitative estimate of drug-likeness (QED) is 0.671. The molecule has 0 N–H and O–H groups in total. The average Bonchev–Trinajstić information content (AvgIpc) is 3.16. The van der Waals surface area contributed by atoms with Gasteiger partial charge in [-0.05, 0) is 55.5 Å². The minimum Gasteiger partial charge on any atom is -0.443 e. The molecule has 0 spiro atoms. The van der Waals surface area contributed by atoms with Crippen LogP contribution < -0.4 is 0 Å². The first kappa shape index (κ1) is 18.3. The maximum Gasteiger partial charge on any atom is 0.273 e. The van der Waals surface area contributed by atoms with Crippen LogP contribution in [-0.2, 0) is 6.42 Å². The Hall–Kier alpha value is -3.02. The molecule has 144 valence electrons. The van der Waals surface area contributed by atoms with E-state index in [4.69, 9.17) is 4.42 Å². The Morgan fingerprint density at radius 2 is 2.14 bits per heavy atom. The molecule has 1 aliphatic rings. The van der Waals surface area contributed by atoms with Gasteiger partial charge in [-0.3, -0.25) is 9.78 Å². The number of piperidine rings is 1. The first-order chi connectivity index (χ1) is 13.6. The van der Waals surface area contributed by atoms with Crippen molar-refractivity contribution in [3.8, 4) is 0 Å². The third-order valence-electron chi connectivity index (χ3n) is 5.10. The fourth-order valence-corrected chi connectivity index (χ4v) is 3.68. The van der Waals surface area contributed by atoms with Crippen molar-refractivity contribution < 1.29 is 13.6 Å². The topological polar surface area (TPSA) is 59.2 Å². The molecule has 1 amide bonds. The van der Waals surface area contributed by atoms with Gasteiger partial charge in [0, 0.05) is 19.2 Å². The van der Waals surface area contributed by atoms with Gasteiger partial charge in [-0.2, -0.15) is 0 Å². The predicted octanol–water partition coefficient (Wildman–Crippen LogP) is 4.48. The number of aryl methyl sites for hydroxylation is 1. The summed E-state index contributed by atoms with van der Waals surface area (Å²) >= 11 is 0. The Morgan fingerprint density at radius 3 is 2.96 bits per heavy atom. The van der Waals surface area contributed by atoms with E-state index in [1.54, 1.807) is 18.5 Å². The molecule has 0 radical (unpaired) electrons. The summed E-state index contributed by atoms with van der Waals surface area (Å²) in [5.41, 5.74) is 2.15. The van der Waals surface area contributed by atoms with Crippen LogP contribution >= 0.6 is 0 Å². The average molecular weight is 379 g/mol. The van der Waals surface area contributed by atoms with Gasteiger partial charge in [0.2, 0.25) is 5.89 Å². The number of rotatable bonds is 4. The van der Waals surface area contributed by atoms with Gasteiger partial charge in [-0.25, -0.2) is 9.37 Å². The zero-order valence-electron chi connectivity index (χ0n) is 15.8. The van der Waals surface area contributed by atoms with Crippen molar-refractivity contribution in [3.05, 3.63) is 83.1 Å². The number of hydrogen-bond acceptors (Lipinski definition) is 4. The van der Waals surface area contributed by atoms with E-state index in [2.05, 4.69) is 9.97 Å². The van der Waals surface area contributed by atoms with E-state index in [1.807, 2.05) is 30.0 Å². The van der Waals surface area contributed by atoms with Crippen molar-refractivity contribution in [1.29, 1.82) is 0 Å². The number of oxazole rings is 1. The van der Waals surface area contributed by atoms with Gasteiger partial charge in [-0.15, -0.1) is 0 Å². The van der Waals surface area contributed by atoms with Crippen molar-refractivity contribution in [2.75, 3.05) is 6.54 Å². The molecule has 0 unspecified atom stereocenters. The molecule has 0 aliphatic carbocycles. The molecule has 1 saturated heterocycles. The number of carbonyl (C=O) groups is 1. The molecule has 0 bridgehead atoms. The number of nitrogens with zero attached hydrogens (tertiary/aromatic N) is 3. The van der Waals surface area contributed by atoms with E-state index in [-0.39, 0.29) is 17.8 Å². The Morgan fingerprint density at radius 1 is 1.25 bits per heavy atom. The van der Waals surface area contributed by atoms with Crippen LogP contribution in [0.25, 0.3) is 0 Å². The van der Waals surface area contributed by atoms with E-state index < -0.39 is 0 Å². The molecule has 1 atom stereocenters. The molecule has 28 heavy (non-hydrogen) atoms. The highest BCUT2D eigenvalue weighted by Gasteiger charge is 2.33. The molecule has 2 aromatic heterocycles. The van der Waals surface area contributed by atoms with E-state index in [0.29, 0.717) is 30.3 Å². The molecule has 1 aromatic carbocycles. The van der Waals surface area contributed by atoms with Gasteiger partial charge in [0.1, 0.15) is 23.3 Å². The van der Waals surface area contributed by atoms with Crippen molar-refractivity contribution >= 4 is 5.91 Å². The normalized spacial score (nSPS) is 16.9. The summed E-state index contributed by atoms with van der Waals surface area (Å²) in [5.74, 6) is 0.834. The molecule has 6 heteroatoms. The molecule has 5 nitrogen and oxygen atoms in total. The maximum atomic E-state index is 13.4. The highest BCUT2D eigenvalue weighted by atomic mass is 19.1. The monoisotopic (exact) mass is 379 g/mol. The Balaban J connectivity index is 1.56.